The summed E-state index contributed by atoms with van der Waals surface area (Å²) in [7, 11) is 0. The average molecular weight is 897 g/mol. The smallest absolute Gasteiger partial charge is 0.186 e. The minimum atomic E-state index is -0.508. The van der Waals surface area contributed by atoms with Gasteiger partial charge in [0.15, 0.2) is 25.2 Å². The summed E-state index contributed by atoms with van der Waals surface area (Å²) in [6.45, 7) is 9.91. The highest BCUT2D eigenvalue weighted by Crippen LogP contribution is 2.25. The Morgan fingerprint density at radius 3 is 0.944 bits per heavy atom. The van der Waals surface area contributed by atoms with Crippen molar-refractivity contribution in [2.75, 3.05) is 51.3 Å². The Kier molecular flexibility index (Phi) is 40.1. The number of aldehydes is 2. The van der Waals surface area contributed by atoms with E-state index in [1.165, 1.54) is 36.4 Å². The van der Waals surface area contributed by atoms with Crippen molar-refractivity contribution in [3.63, 3.8) is 0 Å². The molecule has 4 aromatic rings. The third kappa shape index (κ3) is 24.1. The molecule has 0 aliphatic carbocycles. The molecule has 2 fully saturated rings. The van der Waals surface area contributed by atoms with Gasteiger partial charge in [0.05, 0.1) is 50.8 Å². The predicted molar refractivity (Wildman–Crippen MR) is 212 cm³/mol. The molecule has 2 saturated heterocycles. The molecule has 2 aliphatic heterocycles. The lowest BCUT2D eigenvalue weighted by Crippen LogP contribution is -2.00. The minimum absolute atomic E-state index is 0.109. The van der Waals surface area contributed by atoms with Gasteiger partial charge in [-0.25, -0.2) is 17.6 Å². The fraction of sp³-hybridized carbons (Fsp3) is 0.350. The second-order valence-corrected chi connectivity index (χ2v) is 8.92. The van der Waals surface area contributed by atoms with Crippen LogP contribution in [0.1, 0.15) is 72.1 Å². The molecule has 8 nitrogen and oxygen atoms in total. The molecule has 0 saturated carbocycles. The van der Waals surface area contributed by atoms with E-state index in [9.17, 15) is 27.2 Å². The number of aliphatic hydroxyl groups excluding tert-OH is 2. The van der Waals surface area contributed by atoms with E-state index in [1.807, 2.05) is 39.4 Å². The number of carbonyl (C=O) groups excluding carboxylic acids is 2. The van der Waals surface area contributed by atoms with Crippen LogP contribution in [-0.4, -0.2) is 74.1 Å². The van der Waals surface area contributed by atoms with Crippen molar-refractivity contribution in [2.45, 2.75) is 40.3 Å². The van der Waals surface area contributed by atoms with Gasteiger partial charge in [0.1, 0.15) is 23.3 Å². The normalized spacial score (nSPS) is 12.2. The van der Waals surface area contributed by atoms with Crippen molar-refractivity contribution >= 4 is 44.4 Å². The standard InChI is InChI=1S/2C9H9FO2.2C7H5FO.C2H6O2.2C2H6.2CH3Br/c2*10-8-4-2-1-3-7(8)9-11-5-6-12-9;2*8-7-4-2-1-3-6(7)5-9;3-1-2-4;4*1-2/h2*1-4,9H,5-6H2;2*1-5H;3-4H,1-2H2;2*1-2H3;2*1H3. The second-order valence-electron chi connectivity index (χ2n) is 8.92. The van der Waals surface area contributed by atoms with Crippen LogP contribution in [0.2, 0.25) is 0 Å². The molecule has 0 radical (unpaired) electrons. The topological polar surface area (TPSA) is 112 Å². The van der Waals surface area contributed by atoms with E-state index in [2.05, 4.69) is 31.9 Å². The lowest BCUT2D eigenvalue weighted by Gasteiger charge is -2.09. The highest BCUT2D eigenvalue weighted by molar-refractivity contribution is 9.09. The van der Waals surface area contributed by atoms with Gasteiger partial charge in [-0.2, -0.15) is 0 Å². The molecule has 0 aromatic heterocycles. The third-order valence-corrected chi connectivity index (χ3v) is 5.73. The van der Waals surface area contributed by atoms with E-state index in [-0.39, 0.29) is 36.0 Å². The van der Waals surface area contributed by atoms with Gasteiger partial charge < -0.3 is 29.2 Å². The highest BCUT2D eigenvalue weighted by Gasteiger charge is 2.21. The van der Waals surface area contributed by atoms with Gasteiger partial charge in [-0.3, -0.25) is 9.59 Å². The van der Waals surface area contributed by atoms with Gasteiger partial charge in [-0.1, -0.05) is 120 Å². The number of aliphatic hydroxyl groups is 2. The SMILES string of the molecule is CBr.CBr.CC.CC.Fc1ccccc1C1OCCO1.Fc1ccccc1C1OCCO1.O=Cc1ccccc1F.O=Cc1ccccc1F.OCCO. The van der Waals surface area contributed by atoms with Crippen molar-refractivity contribution in [1.29, 1.82) is 0 Å². The van der Waals surface area contributed by atoms with Crippen LogP contribution < -0.4 is 0 Å². The molecule has 0 atom stereocenters. The zero-order valence-electron chi connectivity index (χ0n) is 31.4. The number of hydrogen-bond acceptors (Lipinski definition) is 8. The van der Waals surface area contributed by atoms with Crippen LogP contribution in [0.3, 0.4) is 0 Å². The van der Waals surface area contributed by atoms with E-state index in [1.54, 1.807) is 60.7 Å². The summed E-state index contributed by atoms with van der Waals surface area (Å²) in [5.74, 6) is 2.15. The van der Waals surface area contributed by atoms with Crippen molar-refractivity contribution in [1.82, 2.24) is 0 Å². The quantitative estimate of drug-likeness (QED) is 0.116. The maximum absolute atomic E-state index is 13.1. The Hall–Kier alpha value is -3.34. The maximum atomic E-state index is 13.1. The first-order chi connectivity index (χ1) is 26.4. The van der Waals surface area contributed by atoms with Crippen LogP contribution in [0.5, 0.6) is 0 Å². The Balaban J connectivity index is -0.000000590. The maximum Gasteiger partial charge on any atom is 0.186 e. The lowest BCUT2D eigenvalue weighted by atomic mass is 10.2. The van der Waals surface area contributed by atoms with Crippen LogP contribution in [0, 0.1) is 23.3 Å². The van der Waals surface area contributed by atoms with Crippen LogP contribution in [0.15, 0.2) is 97.1 Å². The molecule has 14 heteroatoms. The van der Waals surface area contributed by atoms with Gasteiger partial charge in [0, 0.05) is 11.1 Å². The summed E-state index contributed by atoms with van der Waals surface area (Å²) >= 11 is 5.88. The molecule has 2 heterocycles. The van der Waals surface area contributed by atoms with Crippen LogP contribution in [-0.2, 0) is 18.9 Å². The molecule has 0 amide bonds. The number of hydrogen-bond donors (Lipinski definition) is 2. The number of carbonyl (C=O) groups is 2. The number of rotatable bonds is 5. The highest BCUT2D eigenvalue weighted by atomic mass is 79.9. The van der Waals surface area contributed by atoms with E-state index in [0.717, 1.165) is 0 Å². The average Bonchev–Trinajstić information content (AvgIpc) is 3.99. The molecular formula is C40H52Br2F4O8. The first-order valence-electron chi connectivity index (χ1n) is 16.7. The predicted octanol–water partition coefficient (Wildman–Crippen LogP) is 10.1. The number of alkyl halides is 2. The fourth-order valence-corrected chi connectivity index (χ4v) is 3.55. The molecule has 0 bridgehead atoms. The molecule has 4 aromatic carbocycles. The molecule has 6 rings (SSSR count). The van der Waals surface area contributed by atoms with Crippen molar-refractivity contribution < 1.29 is 56.3 Å². The molecule has 54 heavy (non-hydrogen) atoms. The largest absolute Gasteiger partial charge is 0.394 e. The van der Waals surface area contributed by atoms with Crippen LogP contribution in [0.25, 0.3) is 0 Å². The molecule has 2 aliphatic rings. The third-order valence-electron chi connectivity index (χ3n) is 5.73. The van der Waals surface area contributed by atoms with Gasteiger partial charge in [-0.15, -0.1) is 0 Å². The van der Waals surface area contributed by atoms with Crippen molar-refractivity contribution in [3.8, 4) is 0 Å². The number of halogens is 6. The molecule has 302 valence electrons. The Bertz CT molecular complexity index is 1350. The summed E-state index contributed by atoms with van der Waals surface area (Å²) in [6.07, 6.45) is -0.0256. The molecule has 0 spiro atoms. The number of ether oxygens (including phenoxy) is 4. The van der Waals surface area contributed by atoms with E-state index in [0.29, 0.717) is 50.1 Å². The van der Waals surface area contributed by atoms with Crippen LogP contribution in [0.4, 0.5) is 17.6 Å². The minimum Gasteiger partial charge on any atom is -0.394 e. The first-order valence-corrected chi connectivity index (χ1v) is 19.8. The van der Waals surface area contributed by atoms with E-state index >= 15 is 0 Å². The molecule has 0 unspecified atom stereocenters. The Labute approximate surface area is 333 Å². The summed E-state index contributed by atoms with van der Waals surface area (Å²) in [5.41, 5.74) is 1.18. The summed E-state index contributed by atoms with van der Waals surface area (Å²) in [6, 6.07) is 24.7. The lowest BCUT2D eigenvalue weighted by molar-refractivity contribution is -0.0467. The summed E-state index contributed by atoms with van der Waals surface area (Å²) < 4.78 is 71.5. The van der Waals surface area contributed by atoms with Gasteiger partial charge in [0.25, 0.3) is 0 Å². The van der Waals surface area contributed by atoms with Crippen LogP contribution >= 0.6 is 31.9 Å². The second kappa shape index (κ2) is 39.4. The van der Waals surface area contributed by atoms with E-state index in [4.69, 9.17) is 29.2 Å². The number of benzene rings is 4. The molecule has 2 N–H and O–H groups in total. The van der Waals surface area contributed by atoms with E-state index < -0.39 is 24.2 Å². The van der Waals surface area contributed by atoms with Gasteiger partial charge in [0.2, 0.25) is 0 Å². The zero-order valence-corrected chi connectivity index (χ0v) is 34.6. The zero-order chi connectivity index (χ0) is 41.6. The summed E-state index contributed by atoms with van der Waals surface area (Å²) in [5, 5.41) is 15.2. The van der Waals surface area contributed by atoms with Gasteiger partial charge in [-0.05, 0) is 48.1 Å². The molecular weight excluding hydrogens is 844 g/mol. The van der Waals surface area contributed by atoms with Crippen molar-refractivity contribution in [2.24, 2.45) is 0 Å². The van der Waals surface area contributed by atoms with Gasteiger partial charge >= 0.3 is 0 Å². The first kappa shape index (κ1) is 55.0. The summed E-state index contributed by atoms with van der Waals surface area (Å²) in [4.78, 5) is 20.0. The Morgan fingerprint density at radius 1 is 0.500 bits per heavy atom. The monoisotopic (exact) mass is 894 g/mol. The fourth-order valence-electron chi connectivity index (χ4n) is 3.55. The van der Waals surface area contributed by atoms with Crippen molar-refractivity contribution in [3.05, 3.63) is 143 Å². The Morgan fingerprint density at radius 2 is 0.741 bits per heavy atom.